The number of halogens is 4. The van der Waals surface area contributed by atoms with Gasteiger partial charge in [-0.3, -0.25) is 0 Å². The number of nitrogens with two attached hydrogens (primary N) is 1. The molecule has 0 radical (unpaired) electrons. The predicted octanol–water partition coefficient (Wildman–Crippen LogP) is 2.77. The van der Waals surface area contributed by atoms with Crippen LogP contribution in [0.25, 0.3) is 0 Å². The molecule has 0 aliphatic carbocycles. The number of alkyl halides is 2. The monoisotopic (exact) mass is 255 g/mol. The third-order valence-corrected chi connectivity index (χ3v) is 1.82. The standard InChI is InChI=1S/C7H5BrF3NO/c8-4-1-3(12)2-5(9)6(4)13-7(10)11/h1-2,7H,12H2. The van der Waals surface area contributed by atoms with E-state index in [2.05, 4.69) is 20.7 Å². The molecule has 0 heterocycles. The number of benzene rings is 1. The van der Waals surface area contributed by atoms with Gasteiger partial charge < -0.3 is 10.5 Å². The average Bonchev–Trinajstić information content (AvgIpc) is 1.96. The Balaban J connectivity index is 3.06. The first-order chi connectivity index (χ1) is 6.00. The van der Waals surface area contributed by atoms with Gasteiger partial charge in [0, 0.05) is 11.8 Å². The van der Waals surface area contributed by atoms with Gasteiger partial charge in [-0.1, -0.05) is 0 Å². The van der Waals surface area contributed by atoms with Crippen LogP contribution >= 0.6 is 15.9 Å². The van der Waals surface area contributed by atoms with Crippen LogP contribution in [0.5, 0.6) is 5.75 Å². The van der Waals surface area contributed by atoms with E-state index in [9.17, 15) is 13.2 Å². The van der Waals surface area contributed by atoms with Gasteiger partial charge in [0.1, 0.15) is 0 Å². The van der Waals surface area contributed by atoms with Crippen LogP contribution in [0.1, 0.15) is 0 Å². The lowest BCUT2D eigenvalue weighted by Gasteiger charge is -2.08. The van der Waals surface area contributed by atoms with Crippen LogP contribution < -0.4 is 10.5 Å². The molecule has 6 heteroatoms. The molecule has 0 aromatic heterocycles. The third-order valence-electron chi connectivity index (χ3n) is 1.23. The zero-order valence-corrected chi connectivity index (χ0v) is 7.82. The number of hydrogen-bond donors (Lipinski definition) is 1. The van der Waals surface area contributed by atoms with Gasteiger partial charge in [0.25, 0.3) is 0 Å². The van der Waals surface area contributed by atoms with Crippen molar-refractivity contribution in [2.24, 2.45) is 0 Å². The van der Waals surface area contributed by atoms with Crippen LogP contribution in [-0.2, 0) is 0 Å². The maximum atomic E-state index is 12.9. The summed E-state index contributed by atoms with van der Waals surface area (Å²) in [6.07, 6.45) is 0. The third kappa shape index (κ3) is 2.51. The molecule has 0 aliphatic heterocycles. The van der Waals surface area contributed by atoms with Crippen LogP contribution in [-0.4, -0.2) is 6.61 Å². The molecule has 13 heavy (non-hydrogen) atoms. The summed E-state index contributed by atoms with van der Waals surface area (Å²) in [5.41, 5.74) is 5.38. The molecule has 0 fully saturated rings. The molecule has 0 spiro atoms. The largest absolute Gasteiger partial charge is 0.430 e. The first kappa shape index (κ1) is 10.2. The van der Waals surface area contributed by atoms with E-state index in [1.54, 1.807) is 0 Å². The number of anilines is 1. The Morgan fingerprint density at radius 2 is 2.00 bits per heavy atom. The van der Waals surface area contributed by atoms with E-state index in [4.69, 9.17) is 5.73 Å². The predicted molar refractivity (Wildman–Crippen MR) is 45.1 cm³/mol. The van der Waals surface area contributed by atoms with Crippen LogP contribution in [0, 0.1) is 5.82 Å². The topological polar surface area (TPSA) is 35.2 Å². The van der Waals surface area contributed by atoms with Crippen molar-refractivity contribution in [3.63, 3.8) is 0 Å². The van der Waals surface area contributed by atoms with E-state index in [1.807, 2.05) is 0 Å². The minimum Gasteiger partial charge on any atom is -0.430 e. The van der Waals surface area contributed by atoms with Crippen molar-refractivity contribution in [1.82, 2.24) is 0 Å². The minimum absolute atomic E-state index is 0.0605. The second-order valence-corrected chi connectivity index (χ2v) is 3.05. The zero-order valence-electron chi connectivity index (χ0n) is 6.23. The molecule has 0 atom stereocenters. The molecule has 1 aromatic rings. The van der Waals surface area contributed by atoms with Crippen LogP contribution in [0.4, 0.5) is 18.9 Å². The fraction of sp³-hybridized carbons (Fsp3) is 0.143. The summed E-state index contributed by atoms with van der Waals surface area (Å²) in [5, 5.41) is 0. The fourth-order valence-electron chi connectivity index (χ4n) is 0.781. The Morgan fingerprint density at radius 1 is 1.38 bits per heavy atom. The maximum absolute atomic E-state index is 12.9. The van der Waals surface area contributed by atoms with Crippen molar-refractivity contribution in [3.8, 4) is 5.75 Å². The molecule has 0 amide bonds. The first-order valence-corrected chi connectivity index (χ1v) is 3.99. The SMILES string of the molecule is Nc1cc(F)c(OC(F)F)c(Br)c1. The lowest BCUT2D eigenvalue weighted by Crippen LogP contribution is -2.04. The number of rotatable bonds is 2. The van der Waals surface area contributed by atoms with Gasteiger partial charge in [-0.25, -0.2) is 4.39 Å². The molecule has 2 N–H and O–H groups in total. The smallest absolute Gasteiger partial charge is 0.387 e. The molecule has 0 unspecified atom stereocenters. The van der Waals surface area contributed by atoms with Crippen molar-refractivity contribution in [3.05, 3.63) is 22.4 Å². The molecule has 0 bridgehead atoms. The summed E-state index contributed by atoms with van der Waals surface area (Å²) in [4.78, 5) is 0. The quantitative estimate of drug-likeness (QED) is 0.825. The van der Waals surface area contributed by atoms with E-state index >= 15 is 0 Å². The Bertz CT molecular complexity index is 296. The summed E-state index contributed by atoms with van der Waals surface area (Å²) in [6, 6.07) is 2.18. The summed E-state index contributed by atoms with van der Waals surface area (Å²) in [5.74, 6) is -1.46. The van der Waals surface area contributed by atoms with Crippen LogP contribution in [0.2, 0.25) is 0 Å². The van der Waals surface area contributed by atoms with Crippen molar-refractivity contribution in [2.75, 3.05) is 5.73 Å². The number of nitrogen functional groups attached to an aromatic ring is 1. The Hall–Kier alpha value is -0.910. The van der Waals surface area contributed by atoms with E-state index in [-0.39, 0.29) is 10.2 Å². The molecule has 1 rings (SSSR count). The van der Waals surface area contributed by atoms with Crippen molar-refractivity contribution in [2.45, 2.75) is 6.61 Å². The average molecular weight is 256 g/mol. The van der Waals surface area contributed by atoms with Gasteiger partial charge in [0.15, 0.2) is 11.6 Å². The minimum atomic E-state index is -3.06. The Labute approximate surface area is 80.6 Å². The van der Waals surface area contributed by atoms with Crippen LogP contribution in [0.15, 0.2) is 16.6 Å². The van der Waals surface area contributed by atoms with Crippen LogP contribution in [0.3, 0.4) is 0 Å². The lowest BCUT2D eigenvalue weighted by atomic mass is 10.3. The molecular weight excluding hydrogens is 251 g/mol. The van der Waals surface area contributed by atoms with Gasteiger partial charge in [0.2, 0.25) is 0 Å². The molecule has 0 saturated carbocycles. The van der Waals surface area contributed by atoms with Gasteiger partial charge in [-0.2, -0.15) is 8.78 Å². The molecule has 72 valence electrons. The summed E-state index contributed by atoms with van der Waals surface area (Å²) < 4.78 is 40.4. The summed E-state index contributed by atoms with van der Waals surface area (Å²) in [7, 11) is 0. The van der Waals surface area contributed by atoms with Gasteiger partial charge >= 0.3 is 6.61 Å². The molecular formula is C7H5BrF3NO. The second-order valence-electron chi connectivity index (χ2n) is 2.19. The number of ether oxygens (including phenoxy) is 1. The highest BCUT2D eigenvalue weighted by Gasteiger charge is 2.14. The lowest BCUT2D eigenvalue weighted by molar-refractivity contribution is -0.0527. The van der Waals surface area contributed by atoms with Crippen molar-refractivity contribution in [1.29, 1.82) is 0 Å². The second kappa shape index (κ2) is 3.87. The van der Waals surface area contributed by atoms with Crippen molar-refractivity contribution < 1.29 is 17.9 Å². The van der Waals surface area contributed by atoms with E-state index in [1.165, 1.54) is 6.07 Å². The Morgan fingerprint density at radius 3 is 2.46 bits per heavy atom. The zero-order chi connectivity index (χ0) is 10.0. The molecule has 2 nitrogen and oxygen atoms in total. The highest BCUT2D eigenvalue weighted by Crippen LogP contribution is 2.31. The molecule has 0 aliphatic rings. The van der Waals surface area contributed by atoms with Gasteiger partial charge in [-0.05, 0) is 22.0 Å². The molecule has 0 saturated heterocycles. The highest BCUT2D eigenvalue weighted by atomic mass is 79.9. The normalized spacial score (nSPS) is 10.5. The summed E-state index contributed by atoms with van der Waals surface area (Å²) >= 11 is 2.85. The van der Waals surface area contributed by atoms with Gasteiger partial charge in [-0.15, -0.1) is 0 Å². The Kier molecular flexibility index (Phi) is 3.02. The highest BCUT2D eigenvalue weighted by molar-refractivity contribution is 9.10. The van der Waals surface area contributed by atoms with Gasteiger partial charge in [0.05, 0.1) is 4.47 Å². The maximum Gasteiger partial charge on any atom is 0.387 e. The fourth-order valence-corrected chi connectivity index (χ4v) is 1.33. The first-order valence-electron chi connectivity index (χ1n) is 3.20. The van der Waals surface area contributed by atoms with Crippen molar-refractivity contribution >= 4 is 21.6 Å². The molecule has 1 aromatic carbocycles. The summed E-state index contributed by atoms with van der Waals surface area (Å²) in [6.45, 7) is -3.06. The van der Waals surface area contributed by atoms with E-state index < -0.39 is 18.2 Å². The van der Waals surface area contributed by atoms with E-state index in [0.717, 1.165) is 6.07 Å². The number of hydrogen-bond acceptors (Lipinski definition) is 2. The van der Waals surface area contributed by atoms with E-state index in [0.29, 0.717) is 0 Å².